The zero-order valence-electron chi connectivity index (χ0n) is 19.8. The SMILES string of the molecule is COc1cc2c(cc1O)[N]([Rf])C(O[Si](C)(C)C(C)(C)C)[C@@H]1Cc3ccccc3CN1C2=O. The first-order chi connectivity index (χ1) is 14.9. The van der Waals surface area contributed by atoms with E-state index in [1.165, 1.54) is 18.2 Å². The van der Waals surface area contributed by atoms with Gasteiger partial charge in [-0.25, -0.2) is 0 Å². The van der Waals surface area contributed by atoms with Crippen LogP contribution in [0.25, 0.3) is 0 Å². The van der Waals surface area contributed by atoms with Crippen molar-refractivity contribution in [1.29, 1.82) is 0 Å². The number of anilines is 1. The van der Waals surface area contributed by atoms with Crippen molar-refractivity contribution in [2.24, 2.45) is 0 Å². The minimum atomic E-state index is -2.13. The molecule has 2 aromatic carbocycles. The third-order valence-electron chi connectivity index (χ3n) is 7.24. The fraction of sp³-hybridized carbons (Fsp3) is 0.458. The van der Waals surface area contributed by atoms with Crippen LogP contribution < -0.4 is 10.1 Å². The average Bonchev–Trinajstić information content (AvgIpc) is 2.81. The number of fused-ring (bicyclic) bond motifs is 3. The summed E-state index contributed by atoms with van der Waals surface area (Å²) >= 11 is 0. The van der Waals surface area contributed by atoms with Gasteiger partial charge in [-0.2, -0.15) is 0 Å². The Morgan fingerprint density at radius 1 is 1.16 bits per heavy atom. The van der Waals surface area contributed by atoms with Crippen molar-refractivity contribution in [1.82, 2.24) is 4.90 Å². The molecule has 2 aliphatic rings. The Morgan fingerprint density at radius 2 is 1.81 bits per heavy atom. The van der Waals surface area contributed by atoms with E-state index in [-0.39, 0.29) is 29.0 Å². The zero-order valence-corrected chi connectivity index (χ0v) is 27.2. The van der Waals surface area contributed by atoms with Gasteiger partial charge in [0, 0.05) is 0 Å². The van der Waals surface area contributed by atoms with Crippen LogP contribution in [0, 0.1) is 0 Å². The summed E-state index contributed by atoms with van der Waals surface area (Å²) in [7, 11) is -0.624. The Kier molecular flexibility index (Phi) is 4.93. The minimum absolute atomic E-state index is 0.0216. The van der Waals surface area contributed by atoms with Gasteiger partial charge in [-0.15, -0.1) is 0 Å². The summed E-state index contributed by atoms with van der Waals surface area (Å²) in [5, 5.41) is 12.8. The molecule has 0 bridgehead atoms. The normalized spacial score (nSPS) is 20.9. The molecule has 1 N–H and O–H groups in total. The molecule has 0 saturated carbocycles. The standard InChI is InChI=1S/C24H32N2O4Si.Rf/c1-24(2,3)31(5,6)30-22-19-11-15-9-7-8-10-16(15)14-26(19)23(28)17-12-21(29-4)20(27)13-18(17)25-22;/h7-10,12-13,19,22H,11,14H2,1-6H3,(H2,25,27,28);/q;+1/p-1/t19-,22?;/m0./s1. The summed E-state index contributed by atoms with van der Waals surface area (Å²) in [6.45, 7) is 11.8. The number of carbonyl (C=O) groups is 1. The van der Waals surface area contributed by atoms with Gasteiger partial charge >= 0.3 is 185 Å². The quantitative estimate of drug-likeness (QED) is 0.474. The van der Waals surface area contributed by atoms with Crippen LogP contribution in [0.15, 0.2) is 36.4 Å². The topological polar surface area (TPSA) is 62.2 Å². The number of methoxy groups -OCH3 is 1. The van der Waals surface area contributed by atoms with Gasteiger partial charge in [-0.3, -0.25) is 0 Å². The van der Waals surface area contributed by atoms with Crippen molar-refractivity contribution in [3.8, 4) is 11.5 Å². The van der Waals surface area contributed by atoms with Gasteiger partial charge in [-0.05, 0) is 0 Å². The van der Waals surface area contributed by atoms with Gasteiger partial charge in [-0.1, -0.05) is 0 Å². The average molecular weight is 707 g/mol. The Labute approximate surface area is 185 Å². The van der Waals surface area contributed by atoms with E-state index in [0.29, 0.717) is 17.9 Å². The van der Waals surface area contributed by atoms with Crippen LogP contribution in [0.2, 0.25) is 18.1 Å². The second-order valence-electron chi connectivity index (χ2n) is 10.3. The monoisotopic (exact) mass is 706 g/mol. The number of amides is 1. The van der Waals surface area contributed by atoms with Crippen molar-refractivity contribution in [2.75, 3.05) is 12.4 Å². The van der Waals surface area contributed by atoms with E-state index in [1.807, 2.05) is 11.0 Å². The Hall–Kier alpha value is -3.51. The molecule has 167 valence electrons. The van der Waals surface area contributed by atoms with Crippen LogP contribution >= 0.6 is 0 Å². The third-order valence-corrected chi connectivity index (χ3v) is 14.9. The Balaban J connectivity index is 1.88. The summed E-state index contributed by atoms with van der Waals surface area (Å²) in [6.07, 6.45) is 0.520. The molecule has 2 aliphatic heterocycles. The number of rotatable bonds is 3. The van der Waals surface area contributed by atoms with Crippen LogP contribution in [-0.2, 0) is 17.4 Å². The van der Waals surface area contributed by atoms with Crippen LogP contribution in [0.1, 0.15) is 42.3 Å². The zero-order chi connectivity index (χ0) is 23.4. The van der Waals surface area contributed by atoms with Crippen molar-refractivity contribution >= 4 is 19.9 Å². The van der Waals surface area contributed by atoms with Crippen molar-refractivity contribution in [3.05, 3.63) is 53.1 Å². The van der Waals surface area contributed by atoms with E-state index in [2.05, 4.69) is 57.4 Å². The molecule has 0 spiro atoms. The van der Waals surface area contributed by atoms with Crippen LogP contribution in [0.5, 0.6) is 11.5 Å². The summed E-state index contributed by atoms with van der Waals surface area (Å²) in [6, 6.07) is 11.6. The number of aromatic hydroxyl groups is 1. The van der Waals surface area contributed by atoms with Crippen LogP contribution in [-0.4, -0.2) is 43.6 Å². The number of benzene rings is 2. The molecular weight excluding hydrogens is 675 g/mol. The molecule has 32 heavy (non-hydrogen) atoms. The van der Waals surface area contributed by atoms with Crippen LogP contribution in [0.4, 0.5) is 5.69 Å². The fourth-order valence-corrected chi connectivity index (χ4v) is 8.81. The molecule has 4 rings (SSSR count). The maximum absolute atomic E-state index is 13.9. The second-order valence-corrected chi connectivity index (χ2v) is 18.1. The Morgan fingerprint density at radius 3 is 2.44 bits per heavy atom. The molecule has 2 aromatic rings. The Bertz CT molecular complexity index is 1050. The van der Waals surface area contributed by atoms with Crippen molar-refractivity contribution in [3.63, 3.8) is 0 Å². The van der Waals surface area contributed by atoms with Gasteiger partial charge in [0.25, 0.3) is 0 Å². The number of phenols is 1. The van der Waals surface area contributed by atoms with Crippen molar-refractivity contribution < 1.29 is 19.1 Å². The fourth-order valence-electron chi connectivity index (χ4n) is 4.27. The molecule has 2 atom stereocenters. The summed E-state index contributed by atoms with van der Waals surface area (Å²) in [4.78, 5) is 15.8. The number of hydrogen-bond donors (Lipinski definition) is 1. The molecule has 0 aliphatic carbocycles. The molecule has 1 unspecified atom stereocenters. The van der Waals surface area contributed by atoms with E-state index in [0.717, 1.165) is 12.1 Å². The third kappa shape index (κ3) is 3.37. The van der Waals surface area contributed by atoms with E-state index in [1.54, 1.807) is 12.1 Å². The maximum atomic E-state index is 13.9. The van der Waals surface area contributed by atoms with Gasteiger partial charge in [0.15, 0.2) is 0 Å². The first kappa shape index (κ1) is 21.7. The van der Waals surface area contributed by atoms with Gasteiger partial charge < -0.3 is 0 Å². The molecule has 0 saturated heterocycles. The number of phenolic OH excluding ortho intramolecular Hbond substituents is 1. The van der Waals surface area contributed by atoms with E-state index >= 15 is 0 Å². The number of hydrogen-bond acceptors (Lipinski definition) is 5. The second kappa shape index (κ2) is 7.27. The predicted octanol–water partition coefficient (Wildman–Crippen LogP) is 4.60. The summed E-state index contributed by atoms with van der Waals surface area (Å²) in [5.74, 6) is 0.335. The van der Waals surface area contributed by atoms with E-state index < -0.39 is 8.32 Å². The number of ether oxygens (including phenoxy) is 1. The van der Waals surface area contributed by atoms with Gasteiger partial charge in [0.05, 0.1) is 0 Å². The molecule has 0 radical (unpaired) electrons. The molecular formula is C24H31N2O4RfSi. The van der Waals surface area contributed by atoms with E-state index in [4.69, 9.17) is 9.16 Å². The molecule has 1 amide bonds. The molecule has 2 heterocycles. The van der Waals surface area contributed by atoms with Gasteiger partial charge in [0.2, 0.25) is 0 Å². The predicted molar refractivity (Wildman–Crippen MR) is 123 cm³/mol. The number of nitrogens with zero attached hydrogens (tertiary/aromatic N) is 2. The first-order valence-corrected chi connectivity index (χ1v) is 16.8. The summed E-state index contributed by atoms with van der Waals surface area (Å²) in [5.41, 5.74) is 3.79. The molecule has 8 heteroatoms. The first-order valence-electron chi connectivity index (χ1n) is 11.0. The molecule has 6 nitrogen and oxygen atoms in total. The molecule has 0 aromatic heterocycles. The van der Waals surface area contributed by atoms with Crippen molar-refractivity contribution in [2.45, 2.75) is 64.1 Å². The van der Waals surface area contributed by atoms with Gasteiger partial charge in [0.1, 0.15) is 0 Å². The van der Waals surface area contributed by atoms with E-state index in [9.17, 15) is 9.90 Å². The summed E-state index contributed by atoms with van der Waals surface area (Å²) < 4.78 is 12.3. The number of carbonyl (C=O) groups excluding carboxylic acids is 1. The molecule has 0 fully saturated rings. The van der Waals surface area contributed by atoms with Crippen LogP contribution in [0.3, 0.4) is 0 Å².